The Morgan fingerprint density at radius 1 is 1.43 bits per heavy atom. The highest BCUT2D eigenvalue weighted by Crippen LogP contribution is 2.12. The van der Waals surface area contributed by atoms with Crippen LogP contribution in [0.25, 0.3) is 0 Å². The van der Waals surface area contributed by atoms with Crippen molar-refractivity contribution in [2.45, 2.75) is 46.4 Å². The molecule has 23 heavy (non-hydrogen) atoms. The first-order chi connectivity index (χ1) is 11.1. The number of aryl methyl sites for hydroxylation is 1. The van der Waals surface area contributed by atoms with Crippen LogP contribution < -0.4 is 5.32 Å². The summed E-state index contributed by atoms with van der Waals surface area (Å²) in [6, 6.07) is 4.43. The predicted octanol–water partition coefficient (Wildman–Crippen LogP) is 2.55. The minimum atomic E-state index is -0.448. The highest BCUT2D eigenvalue weighted by Gasteiger charge is 2.14. The first-order valence-corrected chi connectivity index (χ1v) is 7.75. The summed E-state index contributed by atoms with van der Waals surface area (Å²) in [6.45, 7) is 4.69. The zero-order valence-electron chi connectivity index (χ0n) is 13.5. The number of aromatic nitrogens is 2. The second-order valence-corrected chi connectivity index (χ2v) is 5.49. The first-order valence-electron chi connectivity index (χ1n) is 7.75. The molecule has 5 nitrogen and oxygen atoms in total. The zero-order chi connectivity index (χ0) is 16.8. The van der Waals surface area contributed by atoms with Crippen LogP contribution in [0.3, 0.4) is 0 Å². The van der Waals surface area contributed by atoms with E-state index in [1.165, 1.54) is 6.07 Å². The van der Waals surface area contributed by atoms with E-state index in [2.05, 4.69) is 17.3 Å². The number of aliphatic hydroxyl groups excluding tert-OH is 1. The summed E-state index contributed by atoms with van der Waals surface area (Å²) in [5.74, 6) is -0.657. The standard InChI is InChI=1S/C17H22FN3O2/c1-3-4-7-21-12(2)15(10-20-21)17(23)19-9-13-5-6-16(18)14(8-13)11-22/h5-6,8,10,22H,3-4,7,9,11H2,1-2H3,(H,19,23). The lowest BCUT2D eigenvalue weighted by molar-refractivity contribution is 0.0950. The van der Waals surface area contributed by atoms with E-state index >= 15 is 0 Å². The van der Waals surface area contributed by atoms with Crippen LogP contribution in [-0.4, -0.2) is 20.8 Å². The van der Waals surface area contributed by atoms with Crippen molar-refractivity contribution in [2.24, 2.45) is 0 Å². The number of amides is 1. The molecule has 6 heteroatoms. The van der Waals surface area contributed by atoms with Gasteiger partial charge in [-0.05, 0) is 31.0 Å². The van der Waals surface area contributed by atoms with Gasteiger partial charge in [-0.15, -0.1) is 0 Å². The van der Waals surface area contributed by atoms with Gasteiger partial charge in [-0.3, -0.25) is 9.48 Å². The molecule has 0 aliphatic carbocycles. The molecule has 1 heterocycles. The molecular weight excluding hydrogens is 297 g/mol. The SMILES string of the molecule is CCCCn1ncc(C(=O)NCc2ccc(F)c(CO)c2)c1C. The van der Waals surface area contributed by atoms with Crippen molar-refractivity contribution in [1.29, 1.82) is 0 Å². The molecule has 0 radical (unpaired) electrons. The monoisotopic (exact) mass is 319 g/mol. The van der Waals surface area contributed by atoms with Crippen molar-refractivity contribution in [1.82, 2.24) is 15.1 Å². The highest BCUT2D eigenvalue weighted by atomic mass is 19.1. The summed E-state index contributed by atoms with van der Waals surface area (Å²) in [6.07, 6.45) is 3.66. The van der Waals surface area contributed by atoms with E-state index in [0.717, 1.165) is 30.6 Å². The van der Waals surface area contributed by atoms with Gasteiger partial charge in [0.25, 0.3) is 5.91 Å². The molecule has 0 spiro atoms. The number of nitrogens with one attached hydrogen (secondary N) is 1. The van der Waals surface area contributed by atoms with E-state index in [0.29, 0.717) is 5.56 Å². The number of carbonyl (C=O) groups is 1. The lowest BCUT2D eigenvalue weighted by Gasteiger charge is -2.08. The maximum absolute atomic E-state index is 13.3. The Morgan fingerprint density at radius 3 is 2.91 bits per heavy atom. The first kappa shape index (κ1) is 17.1. The molecule has 0 saturated carbocycles. The van der Waals surface area contributed by atoms with Crippen LogP contribution >= 0.6 is 0 Å². The van der Waals surface area contributed by atoms with Gasteiger partial charge in [0.2, 0.25) is 0 Å². The quantitative estimate of drug-likeness (QED) is 0.824. The smallest absolute Gasteiger partial charge is 0.255 e. The van der Waals surface area contributed by atoms with Crippen molar-refractivity contribution in [3.63, 3.8) is 0 Å². The van der Waals surface area contributed by atoms with Gasteiger partial charge in [-0.2, -0.15) is 5.10 Å². The van der Waals surface area contributed by atoms with Gasteiger partial charge in [0, 0.05) is 24.3 Å². The zero-order valence-corrected chi connectivity index (χ0v) is 13.5. The average molecular weight is 319 g/mol. The van der Waals surface area contributed by atoms with E-state index in [4.69, 9.17) is 5.11 Å². The molecule has 1 amide bonds. The molecule has 0 fully saturated rings. The second kappa shape index (κ2) is 7.87. The van der Waals surface area contributed by atoms with E-state index in [9.17, 15) is 9.18 Å². The number of nitrogens with zero attached hydrogens (tertiary/aromatic N) is 2. The summed E-state index contributed by atoms with van der Waals surface area (Å²) in [7, 11) is 0. The van der Waals surface area contributed by atoms with Crippen molar-refractivity contribution < 1.29 is 14.3 Å². The largest absolute Gasteiger partial charge is 0.392 e. The third-order valence-electron chi connectivity index (χ3n) is 3.80. The Hall–Kier alpha value is -2.21. The summed E-state index contributed by atoms with van der Waals surface area (Å²) < 4.78 is 15.2. The summed E-state index contributed by atoms with van der Waals surface area (Å²) in [5, 5.41) is 16.1. The highest BCUT2D eigenvalue weighted by molar-refractivity contribution is 5.94. The predicted molar refractivity (Wildman–Crippen MR) is 85.4 cm³/mol. The molecule has 0 atom stereocenters. The average Bonchev–Trinajstić information content (AvgIpc) is 2.92. The van der Waals surface area contributed by atoms with Gasteiger partial charge in [0.15, 0.2) is 0 Å². The topological polar surface area (TPSA) is 67.2 Å². The van der Waals surface area contributed by atoms with Crippen LogP contribution in [0.5, 0.6) is 0 Å². The normalized spacial score (nSPS) is 10.8. The molecule has 0 aliphatic heterocycles. The van der Waals surface area contributed by atoms with Gasteiger partial charge >= 0.3 is 0 Å². The minimum Gasteiger partial charge on any atom is -0.392 e. The second-order valence-electron chi connectivity index (χ2n) is 5.49. The molecule has 2 N–H and O–H groups in total. The van der Waals surface area contributed by atoms with Gasteiger partial charge in [-0.1, -0.05) is 19.4 Å². The maximum atomic E-state index is 13.3. The Labute approximate surface area is 135 Å². The molecule has 0 aliphatic rings. The number of unbranched alkanes of at least 4 members (excludes halogenated alkanes) is 1. The fourth-order valence-corrected chi connectivity index (χ4v) is 2.34. The van der Waals surface area contributed by atoms with Crippen LogP contribution in [0.1, 0.15) is 46.9 Å². The van der Waals surface area contributed by atoms with Gasteiger partial charge in [0.05, 0.1) is 18.4 Å². The number of aliphatic hydroxyl groups is 1. The number of halogens is 1. The Balaban J connectivity index is 2.01. The Morgan fingerprint density at radius 2 is 2.22 bits per heavy atom. The summed E-state index contributed by atoms with van der Waals surface area (Å²) >= 11 is 0. The maximum Gasteiger partial charge on any atom is 0.255 e. The van der Waals surface area contributed by atoms with Gasteiger partial charge < -0.3 is 10.4 Å². The summed E-state index contributed by atoms with van der Waals surface area (Å²) in [4.78, 5) is 12.3. The van der Waals surface area contributed by atoms with Crippen LogP contribution in [-0.2, 0) is 19.7 Å². The number of carbonyl (C=O) groups excluding carboxylic acids is 1. The van der Waals surface area contributed by atoms with Crippen LogP contribution in [0.2, 0.25) is 0 Å². The van der Waals surface area contributed by atoms with E-state index < -0.39 is 5.82 Å². The molecular formula is C17H22FN3O2. The van der Waals surface area contributed by atoms with Crippen LogP contribution in [0.15, 0.2) is 24.4 Å². The van der Waals surface area contributed by atoms with Gasteiger partial charge in [0.1, 0.15) is 5.82 Å². The molecule has 1 aromatic carbocycles. The molecule has 0 saturated heterocycles. The lowest BCUT2D eigenvalue weighted by Crippen LogP contribution is -2.23. The Bertz CT molecular complexity index is 682. The number of hydrogen-bond acceptors (Lipinski definition) is 3. The van der Waals surface area contributed by atoms with E-state index in [1.807, 2.05) is 11.6 Å². The fourth-order valence-electron chi connectivity index (χ4n) is 2.34. The molecule has 1 aromatic heterocycles. The van der Waals surface area contributed by atoms with E-state index in [-0.39, 0.29) is 24.6 Å². The third kappa shape index (κ3) is 4.16. The molecule has 124 valence electrons. The number of hydrogen-bond donors (Lipinski definition) is 2. The number of benzene rings is 1. The van der Waals surface area contributed by atoms with Crippen molar-refractivity contribution in [2.75, 3.05) is 0 Å². The third-order valence-corrected chi connectivity index (χ3v) is 3.80. The van der Waals surface area contributed by atoms with Gasteiger partial charge in [-0.25, -0.2) is 4.39 Å². The molecule has 0 bridgehead atoms. The van der Waals surface area contributed by atoms with E-state index in [1.54, 1.807) is 18.3 Å². The van der Waals surface area contributed by atoms with Crippen LogP contribution in [0.4, 0.5) is 4.39 Å². The van der Waals surface area contributed by atoms with Crippen molar-refractivity contribution >= 4 is 5.91 Å². The minimum absolute atomic E-state index is 0.208. The molecule has 2 rings (SSSR count). The lowest BCUT2D eigenvalue weighted by atomic mass is 10.1. The fraction of sp³-hybridized carbons (Fsp3) is 0.412. The molecule has 0 unspecified atom stereocenters. The van der Waals surface area contributed by atoms with Crippen LogP contribution in [0, 0.1) is 12.7 Å². The number of rotatable bonds is 7. The molecule has 2 aromatic rings. The van der Waals surface area contributed by atoms with Crippen molar-refractivity contribution in [3.05, 3.63) is 52.6 Å². The van der Waals surface area contributed by atoms with Crippen molar-refractivity contribution in [3.8, 4) is 0 Å². The Kier molecular flexibility index (Phi) is 5.87. The summed E-state index contributed by atoms with van der Waals surface area (Å²) in [5.41, 5.74) is 2.34.